The first-order valence-corrected chi connectivity index (χ1v) is 6.69. The number of thioether (sulfide) groups is 1. The molecule has 0 radical (unpaired) electrons. The van der Waals surface area contributed by atoms with E-state index in [-0.39, 0.29) is 19.0 Å². The number of hydrogen-bond acceptors (Lipinski definition) is 7. The zero-order chi connectivity index (χ0) is 14.3. The zero-order valence-corrected chi connectivity index (χ0v) is 11.7. The minimum absolute atomic E-state index is 0.246. The second-order valence-electron chi connectivity index (χ2n) is 3.52. The Morgan fingerprint density at radius 1 is 1.47 bits per heavy atom. The second kappa shape index (κ2) is 7.63. The Morgan fingerprint density at radius 3 is 2.84 bits per heavy atom. The molecule has 0 saturated heterocycles. The number of esters is 2. The van der Waals surface area contributed by atoms with Crippen molar-refractivity contribution < 1.29 is 19.1 Å². The molecule has 0 saturated carbocycles. The van der Waals surface area contributed by atoms with Gasteiger partial charge in [0.15, 0.2) is 0 Å². The van der Waals surface area contributed by atoms with Crippen LogP contribution < -0.4 is 5.73 Å². The molecule has 6 nitrogen and oxygen atoms in total. The molecule has 0 aliphatic heterocycles. The molecular formula is C12H16N2O4S. The first-order chi connectivity index (χ1) is 9.08. The number of carbonyl (C=O) groups excluding carboxylic acids is 2. The summed E-state index contributed by atoms with van der Waals surface area (Å²) in [6.07, 6.45) is 1.71. The second-order valence-corrected chi connectivity index (χ2v) is 4.60. The van der Waals surface area contributed by atoms with Crippen molar-refractivity contribution in [3.05, 3.63) is 17.8 Å². The number of nitrogens with zero attached hydrogens (tertiary/aromatic N) is 1. The summed E-state index contributed by atoms with van der Waals surface area (Å²) in [7, 11) is 1.33. The van der Waals surface area contributed by atoms with Crippen LogP contribution in [0.1, 0.15) is 23.7 Å². The number of nitrogens with two attached hydrogens (primary N) is 1. The number of rotatable bonds is 6. The van der Waals surface area contributed by atoms with Crippen LogP contribution in [0, 0.1) is 0 Å². The van der Waals surface area contributed by atoms with Gasteiger partial charge in [-0.2, -0.15) is 0 Å². The van der Waals surface area contributed by atoms with E-state index in [0.717, 1.165) is 0 Å². The molecule has 0 aromatic carbocycles. The third-order valence-corrected chi connectivity index (χ3v) is 3.15. The quantitative estimate of drug-likeness (QED) is 0.625. The standard InChI is InChI=1S/C12H16N2O4S/c1-3-18-12(16)9-6-8(13)7-14-11(9)19-5-4-10(15)17-2/h6-7H,3-5,13H2,1-2H3. The Balaban J connectivity index is 2.76. The number of pyridine rings is 1. The van der Waals surface area contributed by atoms with Gasteiger partial charge in [-0.05, 0) is 13.0 Å². The van der Waals surface area contributed by atoms with E-state index in [4.69, 9.17) is 10.5 Å². The lowest BCUT2D eigenvalue weighted by Crippen LogP contribution is -2.09. The molecular weight excluding hydrogens is 268 g/mol. The van der Waals surface area contributed by atoms with E-state index >= 15 is 0 Å². The topological polar surface area (TPSA) is 91.5 Å². The number of aromatic nitrogens is 1. The van der Waals surface area contributed by atoms with E-state index in [9.17, 15) is 9.59 Å². The molecule has 0 spiro atoms. The average Bonchev–Trinajstić information content (AvgIpc) is 2.40. The predicted octanol–water partition coefficient (Wildman–Crippen LogP) is 1.50. The Labute approximate surface area is 115 Å². The summed E-state index contributed by atoms with van der Waals surface area (Å²) in [6.45, 7) is 2.00. The van der Waals surface area contributed by atoms with Crippen LogP contribution in [0.4, 0.5) is 5.69 Å². The smallest absolute Gasteiger partial charge is 0.340 e. The van der Waals surface area contributed by atoms with Crippen LogP contribution in [0.3, 0.4) is 0 Å². The van der Waals surface area contributed by atoms with Crippen LogP contribution in [0.2, 0.25) is 0 Å². The fraction of sp³-hybridized carbons (Fsp3) is 0.417. The molecule has 0 bridgehead atoms. The lowest BCUT2D eigenvalue weighted by molar-refractivity contribution is -0.140. The SMILES string of the molecule is CCOC(=O)c1cc(N)cnc1SCCC(=O)OC. The number of anilines is 1. The Kier molecular flexibility index (Phi) is 6.14. The van der Waals surface area contributed by atoms with Crippen molar-refractivity contribution in [2.75, 3.05) is 25.2 Å². The summed E-state index contributed by atoms with van der Waals surface area (Å²) in [5.41, 5.74) is 6.31. The van der Waals surface area contributed by atoms with Gasteiger partial charge in [-0.25, -0.2) is 9.78 Å². The zero-order valence-electron chi connectivity index (χ0n) is 10.8. The number of hydrogen-bond donors (Lipinski definition) is 1. The molecule has 0 aliphatic rings. The lowest BCUT2D eigenvalue weighted by Gasteiger charge is -2.08. The van der Waals surface area contributed by atoms with E-state index in [0.29, 0.717) is 22.0 Å². The van der Waals surface area contributed by atoms with Gasteiger partial charge >= 0.3 is 11.9 Å². The molecule has 2 N–H and O–H groups in total. The van der Waals surface area contributed by atoms with Gasteiger partial charge < -0.3 is 15.2 Å². The fourth-order valence-electron chi connectivity index (χ4n) is 1.27. The Morgan fingerprint density at radius 2 is 2.21 bits per heavy atom. The predicted molar refractivity (Wildman–Crippen MR) is 72.0 cm³/mol. The van der Waals surface area contributed by atoms with Crippen molar-refractivity contribution in [2.24, 2.45) is 0 Å². The number of carbonyl (C=O) groups is 2. The Hall–Kier alpha value is -1.76. The molecule has 1 aromatic heterocycles. The van der Waals surface area contributed by atoms with Gasteiger partial charge in [-0.15, -0.1) is 11.8 Å². The highest BCUT2D eigenvalue weighted by molar-refractivity contribution is 7.99. The normalized spacial score (nSPS) is 10.0. The molecule has 0 atom stereocenters. The van der Waals surface area contributed by atoms with E-state index in [2.05, 4.69) is 9.72 Å². The van der Waals surface area contributed by atoms with Crippen molar-refractivity contribution in [3.63, 3.8) is 0 Å². The highest BCUT2D eigenvalue weighted by Gasteiger charge is 2.15. The summed E-state index contributed by atoms with van der Waals surface area (Å²) in [5.74, 6) is -0.306. The van der Waals surface area contributed by atoms with Gasteiger partial charge in [0.2, 0.25) is 0 Å². The van der Waals surface area contributed by atoms with Gasteiger partial charge in [0.1, 0.15) is 5.03 Å². The molecule has 1 rings (SSSR count). The van der Waals surface area contributed by atoms with E-state index < -0.39 is 5.97 Å². The van der Waals surface area contributed by atoms with Crippen molar-refractivity contribution >= 4 is 29.4 Å². The highest BCUT2D eigenvalue weighted by Crippen LogP contribution is 2.23. The summed E-state index contributed by atoms with van der Waals surface area (Å²) in [6, 6.07) is 1.52. The summed E-state index contributed by atoms with van der Waals surface area (Å²) >= 11 is 1.29. The van der Waals surface area contributed by atoms with Crippen LogP contribution >= 0.6 is 11.8 Å². The van der Waals surface area contributed by atoms with Crippen LogP contribution in [0.25, 0.3) is 0 Å². The minimum atomic E-state index is -0.470. The van der Waals surface area contributed by atoms with E-state index in [1.807, 2.05) is 0 Å². The molecule has 0 fully saturated rings. The fourth-order valence-corrected chi connectivity index (χ4v) is 2.16. The van der Waals surface area contributed by atoms with Crippen molar-refractivity contribution in [1.82, 2.24) is 4.98 Å². The first-order valence-electron chi connectivity index (χ1n) is 5.70. The minimum Gasteiger partial charge on any atom is -0.469 e. The molecule has 0 unspecified atom stereocenters. The average molecular weight is 284 g/mol. The van der Waals surface area contributed by atoms with Crippen molar-refractivity contribution in [3.8, 4) is 0 Å². The molecule has 1 heterocycles. The van der Waals surface area contributed by atoms with Crippen molar-refractivity contribution in [1.29, 1.82) is 0 Å². The van der Waals surface area contributed by atoms with Crippen LogP contribution in [-0.2, 0) is 14.3 Å². The number of nitrogen functional groups attached to an aromatic ring is 1. The number of methoxy groups -OCH3 is 1. The third-order valence-electron chi connectivity index (χ3n) is 2.14. The van der Waals surface area contributed by atoms with Gasteiger partial charge in [0.05, 0.1) is 37.6 Å². The highest BCUT2D eigenvalue weighted by atomic mass is 32.2. The van der Waals surface area contributed by atoms with Gasteiger partial charge in [-0.3, -0.25) is 4.79 Å². The molecule has 0 amide bonds. The van der Waals surface area contributed by atoms with Crippen LogP contribution in [0.5, 0.6) is 0 Å². The van der Waals surface area contributed by atoms with E-state index in [1.54, 1.807) is 6.92 Å². The molecule has 0 aliphatic carbocycles. The van der Waals surface area contributed by atoms with Crippen LogP contribution in [-0.4, -0.2) is 36.4 Å². The van der Waals surface area contributed by atoms with Gasteiger partial charge in [0.25, 0.3) is 0 Å². The first kappa shape index (κ1) is 15.3. The molecule has 104 valence electrons. The summed E-state index contributed by atoms with van der Waals surface area (Å²) in [4.78, 5) is 26.8. The van der Waals surface area contributed by atoms with E-state index in [1.165, 1.54) is 31.1 Å². The molecule has 1 aromatic rings. The largest absolute Gasteiger partial charge is 0.469 e. The summed E-state index contributed by atoms with van der Waals surface area (Å²) < 4.78 is 9.47. The van der Waals surface area contributed by atoms with Crippen molar-refractivity contribution in [2.45, 2.75) is 18.4 Å². The molecule has 7 heteroatoms. The molecule has 19 heavy (non-hydrogen) atoms. The summed E-state index contributed by atoms with van der Waals surface area (Å²) in [5, 5.41) is 0.497. The lowest BCUT2D eigenvalue weighted by atomic mass is 10.3. The monoisotopic (exact) mass is 284 g/mol. The van der Waals surface area contributed by atoms with Crippen LogP contribution in [0.15, 0.2) is 17.3 Å². The van der Waals surface area contributed by atoms with Gasteiger partial charge in [-0.1, -0.05) is 0 Å². The maximum atomic E-state index is 11.7. The Bertz CT molecular complexity index is 465. The van der Waals surface area contributed by atoms with Gasteiger partial charge in [0, 0.05) is 5.75 Å². The maximum absolute atomic E-state index is 11.7. The third kappa shape index (κ3) is 4.78. The number of ether oxygens (including phenoxy) is 2. The maximum Gasteiger partial charge on any atom is 0.340 e.